The number of hydrogen-bond acceptors (Lipinski definition) is 4. The third kappa shape index (κ3) is 4.14. The number of carbonyl (C=O) groups is 1. The minimum Gasteiger partial charge on any atom is -0.383 e. The first-order valence-electron chi connectivity index (χ1n) is 9.24. The lowest BCUT2D eigenvalue weighted by Gasteiger charge is -2.10. The number of nitrogen functional groups attached to an aromatic ring is 1. The van der Waals surface area contributed by atoms with Crippen molar-refractivity contribution in [2.24, 2.45) is 0 Å². The molecule has 5 nitrogen and oxygen atoms in total. The molecule has 0 saturated heterocycles. The van der Waals surface area contributed by atoms with Gasteiger partial charge in [-0.2, -0.15) is 0 Å². The Balaban J connectivity index is 1.66. The zero-order valence-electron chi connectivity index (χ0n) is 16.0. The fourth-order valence-electron chi connectivity index (χ4n) is 3.07. The first-order valence-corrected chi connectivity index (χ1v) is 9.24. The first-order chi connectivity index (χ1) is 14.1. The smallest absolute Gasteiger partial charge is 0.259 e. The van der Waals surface area contributed by atoms with Crippen molar-refractivity contribution in [1.29, 1.82) is 0 Å². The Morgan fingerprint density at radius 3 is 2.28 bits per heavy atom. The number of rotatable bonds is 4. The van der Waals surface area contributed by atoms with E-state index in [4.69, 9.17) is 5.73 Å². The third-order valence-electron chi connectivity index (χ3n) is 4.68. The van der Waals surface area contributed by atoms with Crippen molar-refractivity contribution < 1.29 is 4.79 Å². The number of nitrogens with two attached hydrogens (primary N) is 1. The van der Waals surface area contributed by atoms with Gasteiger partial charge >= 0.3 is 0 Å². The van der Waals surface area contributed by atoms with Crippen LogP contribution >= 0.6 is 0 Å². The van der Waals surface area contributed by atoms with Crippen LogP contribution in [0.1, 0.15) is 15.9 Å². The highest BCUT2D eigenvalue weighted by Gasteiger charge is 2.13. The molecule has 4 rings (SSSR count). The summed E-state index contributed by atoms with van der Waals surface area (Å²) in [6.45, 7) is 2.07. The van der Waals surface area contributed by atoms with E-state index in [1.165, 1.54) is 5.56 Å². The number of benzene rings is 2. The van der Waals surface area contributed by atoms with Crippen LogP contribution in [0.2, 0.25) is 0 Å². The van der Waals surface area contributed by atoms with Gasteiger partial charge in [-0.05, 0) is 47.9 Å². The van der Waals surface area contributed by atoms with Gasteiger partial charge in [0.1, 0.15) is 5.82 Å². The van der Waals surface area contributed by atoms with E-state index in [1.807, 2.05) is 12.1 Å². The van der Waals surface area contributed by atoms with Crippen molar-refractivity contribution in [3.05, 3.63) is 96.4 Å². The number of anilines is 2. The summed E-state index contributed by atoms with van der Waals surface area (Å²) in [5.74, 6) is -0.118. The summed E-state index contributed by atoms with van der Waals surface area (Å²) in [4.78, 5) is 20.9. The SMILES string of the molecule is Cc1ccc(-c2cccc(-c3cnc(N)c(C(=O)Nc4ccncc4)c3)c2)cc1. The van der Waals surface area contributed by atoms with Crippen LogP contribution in [0.5, 0.6) is 0 Å². The maximum Gasteiger partial charge on any atom is 0.259 e. The molecule has 0 saturated carbocycles. The molecule has 0 bridgehead atoms. The summed E-state index contributed by atoms with van der Waals surface area (Å²) in [6.07, 6.45) is 4.92. The van der Waals surface area contributed by atoms with E-state index in [9.17, 15) is 4.79 Å². The van der Waals surface area contributed by atoms with E-state index in [1.54, 1.807) is 36.8 Å². The summed E-state index contributed by atoms with van der Waals surface area (Å²) >= 11 is 0. The maximum absolute atomic E-state index is 12.7. The van der Waals surface area contributed by atoms with Crippen LogP contribution in [-0.4, -0.2) is 15.9 Å². The van der Waals surface area contributed by atoms with Crippen LogP contribution in [0.4, 0.5) is 11.5 Å². The highest BCUT2D eigenvalue weighted by molar-refractivity contribution is 6.07. The molecule has 1 amide bonds. The molecule has 0 spiro atoms. The van der Waals surface area contributed by atoms with Crippen LogP contribution < -0.4 is 11.1 Å². The minimum atomic E-state index is -0.308. The summed E-state index contributed by atoms with van der Waals surface area (Å²) in [6, 6.07) is 21.7. The lowest BCUT2D eigenvalue weighted by atomic mass is 9.98. The van der Waals surface area contributed by atoms with Gasteiger partial charge in [-0.15, -0.1) is 0 Å². The molecule has 0 atom stereocenters. The predicted molar refractivity (Wildman–Crippen MR) is 116 cm³/mol. The second-order valence-electron chi connectivity index (χ2n) is 6.79. The largest absolute Gasteiger partial charge is 0.383 e. The molecule has 0 fully saturated rings. The zero-order chi connectivity index (χ0) is 20.2. The Kier molecular flexibility index (Phi) is 5.03. The number of aromatic nitrogens is 2. The standard InChI is InChI=1S/C24H20N4O/c1-16-5-7-17(8-6-16)18-3-2-4-19(13-18)20-14-22(23(25)27-15-20)24(29)28-21-9-11-26-12-10-21/h2-15H,1H3,(H2,25,27)(H,26,28,29). The van der Waals surface area contributed by atoms with Gasteiger partial charge < -0.3 is 11.1 Å². The van der Waals surface area contributed by atoms with Crippen molar-refractivity contribution in [3.63, 3.8) is 0 Å². The highest BCUT2D eigenvalue weighted by atomic mass is 16.1. The maximum atomic E-state index is 12.7. The Bertz CT molecular complexity index is 1160. The van der Waals surface area contributed by atoms with Gasteiger partial charge in [-0.25, -0.2) is 4.98 Å². The number of carbonyl (C=O) groups excluding carboxylic acids is 1. The highest BCUT2D eigenvalue weighted by Crippen LogP contribution is 2.28. The van der Waals surface area contributed by atoms with Crippen LogP contribution in [-0.2, 0) is 0 Å². The Morgan fingerprint density at radius 1 is 0.862 bits per heavy atom. The molecular formula is C24H20N4O. The molecule has 3 N–H and O–H groups in total. The topological polar surface area (TPSA) is 80.9 Å². The summed E-state index contributed by atoms with van der Waals surface area (Å²) in [5, 5.41) is 2.82. The average Bonchev–Trinajstić information content (AvgIpc) is 2.75. The minimum absolute atomic E-state index is 0.190. The fourth-order valence-corrected chi connectivity index (χ4v) is 3.07. The number of amides is 1. The van der Waals surface area contributed by atoms with Crippen molar-refractivity contribution in [2.75, 3.05) is 11.1 Å². The average molecular weight is 380 g/mol. The zero-order valence-corrected chi connectivity index (χ0v) is 16.0. The molecular weight excluding hydrogens is 360 g/mol. The van der Waals surface area contributed by atoms with Gasteiger partial charge in [0, 0.05) is 29.8 Å². The van der Waals surface area contributed by atoms with Gasteiger partial charge in [0.2, 0.25) is 0 Å². The summed E-state index contributed by atoms with van der Waals surface area (Å²) in [5.41, 5.74) is 12.2. The van der Waals surface area contributed by atoms with E-state index < -0.39 is 0 Å². The second kappa shape index (κ2) is 7.94. The molecule has 0 aliphatic heterocycles. The van der Waals surface area contributed by atoms with E-state index >= 15 is 0 Å². The molecule has 2 aromatic carbocycles. The normalized spacial score (nSPS) is 10.5. The molecule has 142 valence electrons. The van der Waals surface area contributed by atoms with Crippen LogP contribution in [0.25, 0.3) is 22.3 Å². The predicted octanol–water partition coefficient (Wildman–Crippen LogP) is 4.95. The number of nitrogens with one attached hydrogen (secondary N) is 1. The Hall–Kier alpha value is -3.99. The molecule has 4 aromatic rings. The van der Waals surface area contributed by atoms with Gasteiger partial charge in [0.25, 0.3) is 5.91 Å². The van der Waals surface area contributed by atoms with E-state index in [2.05, 4.69) is 58.6 Å². The van der Waals surface area contributed by atoms with E-state index in [0.717, 1.165) is 22.3 Å². The van der Waals surface area contributed by atoms with Gasteiger partial charge in [0.15, 0.2) is 0 Å². The third-order valence-corrected chi connectivity index (χ3v) is 4.68. The molecule has 0 aliphatic rings. The summed E-state index contributed by atoms with van der Waals surface area (Å²) < 4.78 is 0. The first kappa shape index (κ1) is 18.4. The van der Waals surface area contributed by atoms with Gasteiger partial charge in [-0.1, -0.05) is 48.0 Å². The van der Waals surface area contributed by atoms with Crippen molar-refractivity contribution in [3.8, 4) is 22.3 Å². The molecule has 5 heteroatoms. The lowest BCUT2D eigenvalue weighted by Crippen LogP contribution is -2.15. The van der Waals surface area contributed by atoms with Crippen molar-refractivity contribution in [1.82, 2.24) is 9.97 Å². The number of aryl methyl sites for hydroxylation is 1. The van der Waals surface area contributed by atoms with Crippen molar-refractivity contribution in [2.45, 2.75) is 6.92 Å². The van der Waals surface area contributed by atoms with Crippen LogP contribution in [0, 0.1) is 6.92 Å². The molecule has 0 aliphatic carbocycles. The van der Waals surface area contributed by atoms with Gasteiger partial charge in [0.05, 0.1) is 5.56 Å². The Morgan fingerprint density at radius 2 is 1.55 bits per heavy atom. The number of pyridine rings is 2. The van der Waals surface area contributed by atoms with Gasteiger partial charge in [-0.3, -0.25) is 9.78 Å². The number of nitrogens with zero attached hydrogens (tertiary/aromatic N) is 2. The monoisotopic (exact) mass is 380 g/mol. The van der Waals surface area contributed by atoms with E-state index in [0.29, 0.717) is 11.3 Å². The van der Waals surface area contributed by atoms with Crippen molar-refractivity contribution >= 4 is 17.4 Å². The molecule has 0 radical (unpaired) electrons. The number of hydrogen-bond donors (Lipinski definition) is 2. The molecule has 0 unspecified atom stereocenters. The molecule has 29 heavy (non-hydrogen) atoms. The molecule has 2 heterocycles. The lowest BCUT2D eigenvalue weighted by molar-refractivity contribution is 0.102. The van der Waals surface area contributed by atoms with Crippen LogP contribution in [0.15, 0.2) is 85.3 Å². The second-order valence-corrected chi connectivity index (χ2v) is 6.79. The molecule has 2 aromatic heterocycles. The van der Waals surface area contributed by atoms with Crippen LogP contribution in [0.3, 0.4) is 0 Å². The fraction of sp³-hybridized carbons (Fsp3) is 0.0417. The summed E-state index contributed by atoms with van der Waals surface area (Å²) in [7, 11) is 0. The quantitative estimate of drug-likeness (QED) is 0.525. The van der Waals surface area contributed by atoms with E-state index in [-0.39, 0.29) is 11.7 Å². The Labute approximate surface area is 169 Å².